The molecule has 0 amide bonds. The number of carbonyl (C=O) groups excluding carboxylic acids is 2. The van der Waals surface area contributed by atoms with Gasteiger partial charge < -0.3 is 4.74 Å². The van der Waals surface area contributed by atoms with E-state index in [0.717, 1.165) is 57.1 Å². The van der Waals surface area contributed by atoms with Crippen LogP contribution in [0.1, 0.15) is 85.5 Å². The quantitative estimate of drug-likeness (QED) is 0.290. The molecule has 0 N–H and O–H groups in total. The fraction of sp³-hybridized carbons (Fsp3) is 0.800. The zero-order valence-electron chi connectivity index (χ0n) is 19.0. The lowest BCUT2D eigenvalue weighted by Crippen LogP contribution is -2.52. The normalized spacial score (nSPS) is 37.9. The van der Waals surface area contributed by atoms with Gasteiger partial charge in [-0.05, 0) is 61.7 Å². The zero-order valence-corrected chi connectivity index (χ0v) is 19.9. The maximum absolute atomic E-state index is 13.3. The average molecular weight is 432 g/mol. The molecule has 3 rings (SSSR count). The Bertz CT molecular complexity index is 741. The van der Waals surface area contributed by atoms with Crippen LogP contribution < -0.4 is 0 Å². The van der Waals surface area contributed by atoms with Gasteiger partial charge in [0.25, 0.3) is 0 Å². The summed E-state index contributed by atoms with van der Waals surface area (Å²) in [5, 5.41) is 9.92. The highest BCUT2D eigenvalue weighted by Gasteiger charge is 2.56. The number of hydrogen-bond acceptors (Lipinski definition) is 5. The lowest BCUT2D eigenvalue weighted by molar-refractivity contribution is -0.148. The third kappa shape index (κ3) is 4.35. The van der Waals surface area contributed by atoms with E-state index in [4.69, 9.17) is 4.74 Å². The Morgan fingerprint density at radius 1 is 1.30 bits per heavy atom. The van der Waals surface area contributed by atoms with Crippen LogP contribution in [0, 0.1) is 39.9 Å². The molecule has 0 heterocycles. The molecule has 3 aliphatic rings. The second kappa shape index (κ2) is 9.47. The maximum atomic E-state index is 13.3. The first-order valence-electron chi connectivity index (χ1n) is 11.7. The van der Waals surface area contributed by atoms with Crippen molar-refractivity contribution in [1.82, 2.24) is 0 Å². The van der Waals surface area contributed by atoms with Crippen LogP contribution in [-0.4, -0.2) is 22.9 Å². The Morgan fingerprint density at radius 2 is 2.07 bits per heavy atom. The van der Waals surface area contributed by atoms with Crippen LogP contribution in [0.4, 0.5) is 0 Å². The molecule has 0 aromatic heterocycles. The number of thioether (sulfide) groups is 1. The van der Waals surface area contributed by atoms with Gasteiger partial charge in [0.15, 0.2) is 5.12 Å². The summed E-state index contributed by atoms with van der Waals surface area (Å²) in [5.74, 6) is 1.72. The Hall–Kier alpha value is -1.28. The lowest BCUT2D eigenvalue weighted by Gasteiger charge is -2.57. The third-order valence-corrected chi connectivity index (χ3v) is 9.51. The third-order valence-electron chi connectivity index (χ3n) is 8.29. The second-order valence-corrected chi connectivity index (χ2v) is 11.1. The van der Waals surface area contributed by atoms with Crippen molar-refractivity contribution in [2.75, 3.05) is 5.75 Å². The number of fused-ring (bicyclic) bond motifs is 3. The van der Waals surface area contributed by atoms with E-state index in [1.165, 1.54) is 24.3 Å². The van der Waals surface area contributed by atoms with Gasteiger partial charge >= 0.3 is 5.97 Å². The highest BCUT2D eigenvalue weighted by atomic mass is 32.2. The monoisotopic (exact) mass is 431 g/mol. The van der Waals surface area contributed by atoms with Crippen LogP contribution in [0.25, 0.3) is 0 Å². The van der Waals surface area contributed by atoms with Gasteiger partial charge in [0.1, 0.15) is 6.10 Å². The van der Waals surface area contributed by atoms with E-state index in [1.54, 1.807) is 0 Å². The van der Waals surface area contributed by atoms with Gasteiger partial charge in [-0.15, -0.1) is 0 Å². The Balaban J connectivity index is 1.83. The summed E-state index contributed by atoms with van der Waals surface area (Å²) < 4.78 is 5.52. The van der Waals surface area contributed by atoms with Crippen molar-refractivity contribution in [3.8, 4) is 6.07 Å². The van der Waals surface area contributed by atoms with Gasteiger partial charge in [-0.3, -0.25) is 9.59 Å². The molecule has 0 spiro atoms. The zero-order chi connectivity index (χ0) is 21.9. The Labute approximate surface area is 186 Å². The van der Waals surface area contributed by atoms with Crippen LogP contribution in [0.2, 0.25) is 0 Å². The van der Waals surface area contributed by atoms with E-state index < -0.39 is 5.41 Å². The molecular weight excluding hydrogens is 394 g/mol. The molecule has 3 aliphatic carbocycles. The molecule has 0 unspecified atom stereocenters. The molecule has 0 bridgehead atoms. The summed E-state index contributed by atoms with van der Waals surface area (Å²) in [6, 6.07) is 2.42. The molecule has 0 aromatic rings. The summed E-state index contributed by atoms with van der Waals surface area (Å²) in [5.41, 5.74) is 1.14. The summed E-state index contributed by atoms with van der Waals surface area (Å²) in [6.45, 7) is 8.15. The molecule has 0 saturated heterocycles. The fourth-order valence-electron chi connectivity index (χ4n) is 6.49. The smallest absolute Gasteiger partial charge is 0.302 e. The SMILES string of the molecule is CCCCSC(=O)[C@@]1(C)CC[C@H]2[C@H](CC=C3C[C@@H](OC(C)=O)CC[C@@]32C)[C@@H]1CC#N. The summed E-state index contributed by atoms with van der Waals surface area (Å²) in [4.78, 5) is 24.7. The number of nitriles is 1. The number of nitrogens with zero attached hydrogens (tertiary/aromatic N) is 1. The van der Waals surface area contributed by atoms with E-state index in [0.29, 0.717) is 23.4 Å². The molecule has 166 valence electrons. The minimum atomic E-state index is -0.397. The van der Waals surface area contributed by atoms with E-state index in [9.17, 15) is 14.9 Å². The van der Waals surface area contributed by atoms with Gasteiger partial charge in [0.05, 0.1) is 6.07 Å². The Morgan fingerprint density at radius 3 is 2.73 bits per heavy atom. The van der Waals surface area contributed by atoms with Crippen molar-refractivity contribution in [1.29, 1.82) is 5.26 Å². The van der Waals surface area contributed by atoms with Gasteiger partial charge in [0, 0.05) is 30.9 Å². The van der Waals surface area contributed by atoms with Crippen molar-refractivity contribution in [3.05, 3.63) is 11.6 Å². The van der Waals surface area contributed by atoms with E-state index in [1.807, 2.05) is 0 Å². The summed E-state index contributed by atoms with van der Waals surface area (Å²) >= 11 is 1.49. The molecule has 0 aliphatic heterocycles. The average Bonchev–Trinajstić information content (AvgIpc) is 2.70. The van der Waals surface area contributed by atoms with Crippen LogP contribution in [0.15, 0.2) is 11.6 Å². The highest BCUT2D eigenvalue weighted by molar-refractivity contribution is 8.13. The molecular formula is C25H37NO3S. The summed E-state index contributed by atoms with van der Waals surface area (Å²) in [6.07, 6.45) is 10.6. The number of ether oxygens (including phenoxy) is 1. The van der Waals surface area contributed by atoms with Crippen LogP contribution in [0.3, 0.4) is 0 Å². The van der Waals surface area contributed by atoms with Crippen LogP contribution >= 0.6 is 11.8 Å². The minimum Gasteiger partial charge on any atom is -0.462 e. The first-order valence-corrected chi connectivity index (χ1v) is 12.7. The topological polar surface area (TPSA) is 67.2 Å². The van der Waals surface area contributed by atoms with E-state index in [-0.39, 0.29) is 23.4 Å². The highest BCUT2D eigenvalue weighted by Crippen LogP contribution is 2.62. The number of carbonyl (C=O) groups is 2. The largest absolute Gasteiger partial charge is 0.462 e. The number of rotatable bonds is 6. The van der Waals surface area contributed by atoms with Crippen molar-refractivity contribution in [2.24, 2.45) is 28.6 Å². The minimum absolute atomic E-state index is 0.00122. The van der Waals surface area contributed by atoms with Crippen molar-refractivity contribution >= 4 is 22.8 Å². The molecule has 30 heavy (non-hydrogen) atoms. The van der Waals surface area contributed by atoms with Gasteiger partial charge in [-0.1, -0.05) is 50.6 Å². The van der Waals surface area contributed by atoms with Crippen molar-refractivity contribution in [2.45, 2.75) is 91.6 Å². The predicted molar refractivity (Wildman–Crippen MR) is 121 cm³/mol. The lowest BCUT2D eigenvalue weighted by atomic mass is 9.47. The fourth-order valence-corrected chi connectivity index (χ4v) is 7.69. The number of allylic oxidation sites excluding steroid dienone is 1. The van der Waals surface area contributed by atoms with Gasteiger partial charge in [0.2, 0.25) is 0 Å². The maximum Gasteiger partial charge on any atom is 0.302 e. The predicted octanol–water partition coefficient (Wildman–Crippen LogP) is 6.06. The molecule has 2 fully saturated rings. The molecule has 2 saturated carbocycles. The second-order valence-electron chi connectivity index (χ2n) is 10.0. The number of unbranched alkanes of at least 4 members (excludes halogenated alkanes) is 1. The van der Waals surface area contributed by atoms with Crippen molar-refractivity contribution < 1.29 is 14.3 Å². The van der Waals surface area contributed by atoms with Gasteiger partial charge in [-0.2, -0.15) is 5.26 Å². The first-order chi connectivity index (χ1) is 14.3. The first kappa shape index (κ1) is 23.4. The van der Waals surface area contributed by atoms with E-state index >= 15 is 0 Å². The number of esters is 1. The molecule has 0 aromatic carbocycles. The standard InChI is InChI=1S/C25H37NO3S/c1-5-6-15-30-23(28)25(4)13-10-21-20(22(25)11-14-26)8-7-18-16-19(29-17(2)27)9-12-24(18,21)3/h7,19-22H,5-6,8-13,15-16H2,1-4H3/t19-,20-,21-,22-,24-,25-/m0/s1. The van der Waals surface area contributed by atoms with Crippen molar-refractivity contribution in [3.63, 3.8) is 0 Å². The number of hydrogen-bond donors (Lipinski definition) is 0. The van der Waals surface area contributed by atoms with Crippen LogP contribution in [-0.2, 0) is 14.3 Å². The molecule has 4 nitrogen and oxygen atoms in total. The van der Waals surface area contributed by atoms with Gasteiger partial charge in [-0.25, -0.2) is 0 Å². The molecule has 5 heteroatoms. The van der Waals surface area contributed by atoms with E-state index in [2.05, 4.69) is 32.9 Å². The summed E-state index contributed by atoms with van der Waals surface area (Å²) in [7, 11) is 0. The molecule has 6 atom stereocenters. The van der Waals surface area contributed by atoms with Crippen LogP contribution in [0.5, 0.6) is 0 Å². The molecule has 0 radical (unpaired) electrons. The Kier molecular flexibility index (Phi) is 7.38.